The summed E-state index contributed by atoms with van der Waals surface area (Å²) in [6.07, 6.45) is 3.76. The van der Waals surface area contributed by atoms with Gasteiger partial charge in [-0.25, -0.2) is 0 Å². The zero-order chi connectivity index (χ0) is 17.2. The minimum absolute atomic E-state index is 0.0589. The zero-order valence-corrected chi connectivity index (χ0v) is 14.3. The monoisotopic (exact) mass is 315 g/mol. The normalized spacial score (nSPS) is 12.2. The number of carbonyl (C=O) groups excluding carboxylic acids is 1. The summed E-state index contributed by atoms with van der Waals surface area (Å²) in [7, 11) is 0. The summed E-state index contributed by atoms with van der Waals surface area (Å²) < 4.78 is 0. The van der Waals surface area contributed by atoms with Crippen LogP contribution >= 0.6 is 0 Å². The van der Waals surface area contributed by atoms with Crippen LogP contribution in [0.25, 0.3) is 0 Å². The molecule has 1 amide bonds. The van der Waals surface area contributed by atoms with E-state index in [4.69, 9.17) is 5.73 Å². The first-order chi connectivity index (χ1) is 11.0. The van der Waals surface area contributed by atoms with Crippen molar-refractivity contribution in [3.05, 3.63) is 60.7 Å². The van der Waals surface area contributed by atoms with E-state index in [1.807, 2.05) is 36.4 Å². The molecule has 0 heterocycles. The van der Waals surface area contributed by atoms with Gasteiger partial charge in [0.15, 0.2) is 0 Å². The average molecular weight is 315 g/mol. The van der Waals surface area contributed by atoms with Gasteiger partial charge in [0.2, 0.25) is 0 Å². The van der Waals surface area contributed by atoms with Gasteiger partial charge in [0.25, 0.3) is 5.91 Å². The molecular formula is C19H29N3O. The summed E-state index contributed by atoms with van der Waals surface area (Å²) in [4.78, 5) is 14.6. The van der Waals surface area contributed by atoms with Crippen molar-refractivity contribution in [3.63, 3.8) is 0 Å². The summed E-state index contributed by atoms with van der Waals surface area (Å²) >= 11 is 0. The second kappa shape index (κ2) is 9.98. The molecule has 0 spiro atoms. The Morgan fingerprint density at radius 3 is 2.22 bits per heavy atom. The largest absolute Gasteiger partial charge is 0.350 e. The number of nitrogens with two attached hydrogens (primary N) is 1. The SMILES string of the molecule is C=CCN(CC=C)C(CNC(=O)c1ccc(CN)cc1)C(C)C. The Kier molecular flexibility index (Phi) is 8.30. The van der Waals surface area contributed by atoms with Gasteiger partial charge < -0.3 is 11.1 Å². The lowest BCUT2D eigenvalue weighted by molar-refractivity contribution is 0.0927. The summed E-state index contributed by atoms with van der Waals surface area (Å²) in [5, 5.41) is 3.03. The van der Waals surface area contributed by atoms with Crippen LogP contribution in [0.3, 0.4) is 0 Å². The van der Waals surface area contributed by atoms with Crippen LogP contribution < -0.4 is 11.1 Å². The molecule has 0 radical (unpaired) electrons. The molecule has 1 aromatic carbocycles. The molecule has 1 rings (SSSR count). The van der Waals surface area contributed by atoms with Crippen molar-refractivity contribution in [1.82, 2.24) is 10.2 Å². The van der Waals surface area contributed by atoms with E-state index < -0.39 is 0 Å². The highest BCUT2D eigenvalue weighted by molar-refractivity contribution is 5.94. The lowest BCUT2D eigenvalue weighted by atomic mass is 10.0. The first kappa shape index (κ1) is 19.1. The van der Waals surface area contributed by atoms with Gasteiger partial charge in [0, 0.05) is 37.8 Å². The van der Waals surface area contributed by atoms with Crippen LogP contribution in [0.1, 0.15) is 29.8 Å². The zero-order valence-electron chi connectivity index (χ0n) is 14.3. The van der Waals surface area contributed by atoms with Crippen molar-refractivity contribution < 1.29 is 4.79 Å². The van der Waals surface area contributed by atoms with E-state index >= 15 is 0 Å². The van der Waals surface area contributed by atoms with Gasteiger partial charge in [0.1, 0.15) is 0 Å². The van der Waals surface area contributed by atoms with Crippen LogP contribution in [0.2, 0.25) is 0 Å². The van der Waals surface area contributed by atoms with Crippen LogP contribution in [-0.4, -0.2) is 36.5 Å². The quantitative estimate of drug-likeness (QED) is 0.653. The topological polar surface area (TPSA) is 58.4 Å². The predicted octanol–water partition coefficient (Wildman–Crippen LogP) is 2.57. The van der Waals surface area contributed by atoms with E-state index in [0.717, 1.165) is 18.7 Å². The molecule has 0 aliphatic carbocycles. The third kappa shape index (κ3) is 6.00. The summed E-state index contributed by atoms with van der Waals surface area (Å²) in [6, 6.07) is 7.63. The van der Waals surface area contributed by atoms with E-state index in [1.165, 1.54) is 0 Å². The maximum absolute atomic E-state index is 12.3. The van der Waals surface area contributed by atoms with Gasteiger partial charge in [-0.1, -0.05) is 38.1 Å². The second-order valence-corrected chi connectivity index (χ2v) is 5.95. The molecule has 4 nitrogen and oxygen atoms in total. The number of nitrogens with zero attached hydrogens (tertiary/aromatic N) is 1. The summed E-state index contributed by atoms with van der Waals surface area (Å²) in [5.74, 6) is 0.353. The van der Waals surface area contributed by atoms with Crippen LogP contribution in [0.15, 0.2) is 49.6 Å². The number of nitrogens with one attached hydrogen (secondary N) is 1. The number of hydrogen-bond donors (Lipinski definition) is 2. The molecule has 4 heteroatoms. The molecule has 0 saturated heterocycles. The highest BCUT2D eigenvalue weighted by Gasteiger charge is 2.21. The standard InChI is InChI=1S/C19H29N3O/c1-5-11-22(12-6-2)18(15(3)4)14-21-19(23)17-9-7-16(13-20)8-10-17/h5-10,15,18H,1-2,11-14,20H2,3-4H3,(H,21,23). The Bertz CT molecular complexity index is 498. The van der Waals surface area contributed by atoms with E-state index in [-0.39, 0.29) is 11.9 Å². The fourth-order valence-electron chi connectivity index (χ4n) is 2.55. The van der Waals surface area contributed by atoms with E-state index in [9.17, 15) is 4.79 Å². The number of benzene rings is 1. The van der Waals surface area contributed by atoms with Gasteiger partial charge in [-0.3, -0.25) is 9.69 Å². The number of hydrogen-bond acceptors (Lipinski definition) is 3. The molecule has 1 atom stereocenters. The molecular weight excluding hydrogens is 286 g/mol. The maximum Gasteiger partial charge on any atom is 0.251 e. The molecule has 0 aromatic heterocycles. The van der Waals surface area contributed by atoms with Gasteiger partial charge >= 0.3 is 0 Å². The molecule has 0 saturated carbocycles. The van der Waals surface area contributed by atoms with Crippen molar-refractivity contribution in [3.8, 4) is 0 Å². The maximum atomic E-state index is 12.3. The van der Waals surface area contributed by atoms with Crippen molar-refractivity contribution in [1.29, 1.82) is 0 Å². The lowest BCUT2D eigenvalue weighted by Gasteiger charge is -2.33. The molecule has 0 fully saturated rings. The molecule has 23 heavy (non-hydrogen) atoms. The van der Waals surface area contributed by atoms with Crippen LogP contribution in [0.5, 0.6) is 0 Å². The van der Waals surface area contributed by atoms with Crippen molar-refractivity contribution in [2.24, 2.45) is 11.7 Å². The van der Waals surface area contributed by atoms with E-state index in [2.05, 4.69) is 37.2 Å². The highest BCUT2D eigenvalue weighted by Crippen LogP contribution is 2.11. The molecule has 0 bridgehead atoms. The van der Waals surface area contributed by atoms with E-state index in [1.54, 1.807) is 0 Å². The minimum atomic E-state index is -0.0589. The highest BCUT2D eigenvalue weighted by atomic mass is 16.1. The minimum Gasteiger partial charge on any atom is -0.350 e. The third-order valence-corrected chi connectivity index (χ3v) is 3.89. The Labute approximate surface area is 140 Å². The van der Waals surface area contributed by atoms with Crippen LogP contribution in [0, 0.1) is 5.92 Å². The predicted molar refractivity (Wildman–Crippen MR) is 97.3 cm³/mol. The third-order valence-electron chi connectivity index (χ3n) is 3.89. The van der Waals surface area contributed by atoms with Gasteiger partial charge in [-0.2, -0.15) is 0 Å². The summed E-state index contributed by atoms with van der Waals surface area (Å²) in [6.45, 7) is 14.6. The Balaban J connectivity index is 2.70. The Morgan fingerprint density at radius 1 is 1.22 bits per heavy atom. The molecule has 1 aromatic rings. The first-order valence-electron chi connectivity index (χ1n) is 8.06. The fraction of sp³-hybridized carbons (Fsp3) is 0.421. The summed E-state index contributed by atoms with van der Waals surface area (Å²) in [5.41, 5.74) is 7.25. The number of amides is 1. The number of rotatable bonds is 10. The van der Waals surface area contributed by atoms with Crippen LogP contribution in [-0.2, 0) is 6.54 Å². The van der Waals surface area contributed by atoms with Gasteiger partial charge in [0.05, 0.1) is 0 Å². The molecule has 3 N–H and O–H groups in total. The molecule has 1 unspecified atom stereocenters. The van der Waals surface area contributed by atoms with Crippen molar-refractivity contribution in [2.45, 2.75) is 26.4 Å². The van der Waals surface area contributed by atoms with Crippen LogP contribution in [0.4, 0.5) is 0 Å². The molecule has 0 aliphatic rings. The van der Waals surface area contributed by atoms with Crippen molar-refractivity contribution >= 4 is 5.91 Å². The second-order valence-electron chi connectivity index (χ2n) is 5.95. The average Bonchev–Trinajstić information content (AvgIpc) is 2.55. The number of carbonyl (C=O) groups is 1. The Morgan fingerprint density at radius 2 is 1.78 bits per heavy atom. The van der Waals surface area contributed by atoms with Gasteiger partial charge in [-0.15, -0.1) is 13.2 Å². The lowest BCUT2D eigenvalue weighted by Crippen LogP contribution is -2.47. The van der Waals surface area contributed by atoms with Crippen molar-refractivity contribution in [2.75, 3.05) is 19.6 Å². The Hall–Kier alpha value is -1.91. The molecule has 0 aliphatic heterocycles. The van der Waals surface area contributed by atoms with E-state index in [0.29, 0.717) is 24.6 Å². The smallest absolute Gasteiger partial charge is 0.251 e. The first-order valence-corrected chi connectivity index (χ1v) is 8.06. The fourth-order valence-corrected chi connectivity index (χ4v) is 2.55. The van der Waals surface area contributed by atoms with Gasteiger partial charge in [-0.05, 0) is 23.6 Å². The molecule has 126 valence electrons.